The molecule has 2 rings (SSSR count). The summed E-state index contributed by atoms with van der Waals surface area (Å²) in [7, 11) is 2.20. The molecule has 0 aromatic heterocycles. The van der Waals surface area contributed by atoms with Gasteiger partial charge in [-0.25, -0.2) is 0 Å². The maximum atomic E-state index is 5.94. The van der Waals surface area contributed by atoms with Crippen LogP contribution in [0.1, 0.15) is 18.4 Å². The molecule has 1 aliphatic rings. The van der Waals surface area contributed by atoms with E-state index in [2.05, 4.69) is 46.2 Å². The lowest BCUT2D eigenvalue weighted by Gasteiger charge is -2.19. The molecule has 6 heteroatoms. The molecule has 1 aromatic carbocycles. The molecule has 1 heterocycles. The Bertz CT molecular complexity index is 492. The lowest BCUT2D eigenvalue weighted by molar-refractivity contribution is 0.275. The summed E-state index contributed by atoms with van der Waals surface area (Å²) in [5.74, 6) is 0.501. The van der Waals surface area contributed by atoms with Gasteiger partial charge in [0.2, 0.25) is 0 Å². The molecule has 5 nitrogen and oxygen atoms in total. The molecule has 0 amide bonds. The second-order valence-electron chi connectivity index (χ2n) is 6.11. The van der Waals surface area contributed by atoms with E-state index in [1.165, 1.54) is 31.6 Å². The lowest BCUT2D eigenvalue weighted by Crippen LogP contribution is -2.30. The summed E-state index contributed by atoms with van der Waals surface area (Å²) in [6.07, 6.45) is 2.32. The Morgan fingerprint density at radius 1 is 1.26 bits per heavy atom. The van der Waals surface area contributed by atoms with Crippen LogP contribution in [0.3, 0.4) is 0 Å². The van der Waals surface area contributed by atoms with Crippen LogP contribution in [0.4, 0.5) is 5.69 Å². The second-order valence-corrected chi connectivity index (χ2v) is 6.11. The SMILES string of the molecule is Cc1cccc(NC(N)=NCCCN2CCCN(C)CC2)c1.I. The average Bonchev–Trinajstić information content (AvgIpc) is 2.68. The van der Waals surface area contributed by atoms with Crippen LogP contribution in [-0.4, -0.2) is 62.1 Å². The summed E-state index contributed by atoms with van der Waals surface area (Å²) in [5, 5.41) is 3.14. The third-order valence-corrected chi connectivity index (χ3v) is 4.02. The molecule has 0 unspecified atom stereocenters. The highest BCUT2D eigenvalue weighted by atomic mass is 127. The van der Waals surface area contributed by atoms with Gasteiger partial charge in [-0.1, -0.05) is 12.1 Å². The monoisotopic (exact) mass is 431 g/mol. The molecule has 1 aromatic rings. The molecule has 3 N–H and O–H groups in total. The first-order chi connectivity index (χ1) is 10.6. The zero-order valence-electron chi connectivity index (χ0n) is 14.3. The molecular weight excluding hydrogens is 401 g/mol. The molecule has 1 saturated heterocycles. The van der Waals surface area contributed by atoms with Crippen LogP contribution in [0.15, 0.2) is 29.3 Å². The van der Waals surface area contributed by atoms with Gasteiger partial charge in [-0.2, -0.15) is 0 Å². The van der Waals surface area contributed by atoms with Gasteiger partial charge in [-0.15, -0.1) is 24.0 Å². The van der Waals surface area contributed by atoms with E-state index in [4.69, 9.17) is 5.73 Å². The predicted octanol–water partition coefficient (Wildman–Crippen LogP) is 2.37. The summed E-state index contributed by atoms with van der Waals surface area (Å²) < 4.78 is 0. The number of hydrogen-bond donors (Lipinski definition) is 2. The Morgan fingerprint density at radius 2 is 2.09 bits per heavy atom. The number of guanidine groups is 1. The zero-order chi connectivity index (χ0) is 15.8. The zero-order valence-corrected chi connectivity index (χ0v) is 16.6. The normalized spacial score (nSPS) is 17.4. The Kier molecular flexibility index (Phi) is 9.50. The van der Waals surface area contributed by atoms with Crippen molar-refractivity contribution in [2.24, 2.45) is 10.7 Å². The molecule has 1 aliphatic heterocycles. The van der Waals surface area contributed by atoms with Crippen LogP contribution in [0.2, 0.25) is 0 Å². The Hall–Kier alpha value is -0.860. The number of nitrogens with two attached hydrogens (primary N) is 1. The number of hydrogen-bond acceptors (Lipinski definition) is 3. The lowest BCUT2D eigenvalue weighted by atomic mass is 10.2. The predicted molar refractivity (Wildman–Crippen MR) is 110 cm³/mol. The third kappa shape index (κ3) is 7.99. The Labute approximate surface area is 157 Å². The number of aliphatic imine (C=N–C) groups is 1. The van der Waals surface area contributed by atoms with Gasteiger partial charge in [0.25, 0.3) is 0 Å². The number of anilines is 1. The maximum Gasteiger partial charge on any atom is 0.193 e. The van der Waals surface area contributed by atoms with E-state index in [0.717, 1.165) is 31.7 Å². The number of nitrogens with zero attached hydrogens (tertiary/aromatic N) is 3. The fraction of sp³-hybridized carbons (Fsp3) is 0.588. The Balaban J connectivity index is 0.00000264. The molecule has 130 valence electrons. The van der Waals surface area contributed by atoms with Crippen molar-refractivity contribution >= 4 is 35.6 Å². The van der Waals surface area contributed by atoms with Gasteiger partial charge in [0.1, 0.15) is 0 Å². The van der Waals surface area contributed by atoms with Gasteiger partial charge >= 0.3 is 0 Å². The van der Waals surface area contributed by atoms with Crippen molar-refractivity contribution in [3.63, 3.8) is 0 Å². The van der Waals surface area contributed by atoms with Crippen molar-refractivity contribution < 1.29 is 0 Å². The number of benzene rings is 1. The molecular formula is C17H30IN5. The Morgan fingerprint density at radius 3 is 2.87 bits per heavy atom. The van der Waals surface area contributed by atoms with Gasteiger partial charge < -0.3 is 20.9 Å². The highest BCUT2D eigenvalue weighted by Gasteiger charge is 2.10. The van der Waals surface area contributed by atoms with E-state index in [9.17, 15) is 0 Å². The number of aryl methyl sites for hydroxylation is 1. The molecule has 0 radical (unpaired) electrons. The first kappa shape index (κ1) is 20.2. The second kappa shape index (κ2) is 10.8. The molecule has 0 aliphatic carbocycles. The highest BCUT2D eigenvalue weighted by Crippen LogP contribution is 2.08. The molecule has 0 saturated carbocycles. The van der Waals surface area contributed by atoms with E-state index in [1.807, 2.05) is 12.1 Å². The molecule has 0 atom stereocenters. The van der Waals surface area contributed by atoms with Crippen molar-refractivity contribution in [2.75, 3.05) is 51.6 Å². The largest absolute Gasteiger partial charge is 0.370 e. The summed E-state index contributed by atoms with van der Waals surface area (Å²) in [6.45, 7) is 8.69. The van der Waals surface area contributed by atoms with Gasteiger partial charge in [-0.3, -0.25) is 4.99 Å². The average molecular weight is 431 g/mol. The fourth-order valence-electron chi connectivity index (χ4n) is 2.73. The minimum Gasteiger partial charge on any atom is -0.370 e. The number of rotatable bonds is 5. The van der Waals surface area contributed by atoms with E-state index in [-0.39, 0.29) is 24.0 Å². The van der Waals surface area contributed by atoms with Crippen LogP contribution in [-0.2, 0) is 0 Å². The van der Waals surface area contributed by atoms with Gasteiger partial charge in [-0.05, 0) is 64.1 Å². The van der Waals surface area contributed by atoms with Crippen LogP contribution >= 0.6 is 24.0 Å². The first-order valence-electron chi connectivity index (χ1n) is 8.18. The quantitative estimate of drug-likeness (QED) is 0.325. The van der Waals surface area contributed by atoms with Gasteiger partial charge in [0, 0.05) is 25.3 Å². The number of likely N-dealkylation sites (N-methyl/N-ethyl adjacent to an activating group) is 1. The summed E-state index contributed by atoms with van der Waals surface area (Å²) in [6, 6.07) is 8.15. The molecule has 23 heavy (non-hydrogen) atoms. The van der Waals surface area contributed by atoms with Crippen LogP contribution in [0, 0.1) is 6.92 Å². The highest BCUT2D eigenvalue weighted by molar-refractivity contribution is 14.0. The topological polar surface area (TPSA) is 56.9 Å². The summed E-state index contributed by atoms with van der Waals surface area (Å²) in [4.78, 5) is 9.35. The molecule has 0 spiro atoms. The van der Waals surface area contributed by atoms with E-state index < -0.39 is 0 Å². The number of nitrogens with one attached hydrogen (secondary N) is 1. The third-order valence-electron chi connectivity index (χ3n) is 4.02. The minimum absolute atomic E-state index is 0. The van der Waals surface area contributed by atoms with Crippen molar-refractivity contribution in [1.29, 1.82) is 0 Å². The van der Waals surface area contributed by atoms with Crippen LogP contribution in [0.25, 0.3) is 0 Å². The minimum atomic E-state index is 0. The summed E-state index contributed by atoms with van der Waals surface area (Å²) in [5.41, 5.74) is 8.15. The summed E-state index contributed by atoms with van der Waals surface area (Å²) >= 11 is 0. The van der Waals surface area contributed by atoms with Crippen molar-refractivity contribution in [3.8, 4) is 0 Å². The molecule has 1 fully saturated rings. The van der Waals surface area contributed by atoms with Crippen molar-refractivity contribution in [2.45, 2.75) is 19.8 Å². The van der Waals surface area contributed by atoms with E-state index >= 15 is 0 Å². The van der Waals surface area contributed by atoms with Crippen molar-refractivity contribution in [1.82, 2.24) is 9.80 Å². The van der Waals surface area contributed by atoms with Crippen LogP contribution in [0.5, 0.6) is 0 Å². The standard InChI is InChI=1S/C17H29N5.HI/c1-15-6-3-7-16(14-15)20-17(18)19-8-4-10-22-11-5-9-21(2)12-13-22;/h3,6-7,14H,4-5,8-13H2,1-2H3,(H3,18,19,20);1H. The van der Waals surface area contributed by atoms with Gasteiger partial charge in [0.15, 0.2) is 5.96 Å². The van der Waals surface area contributed by atoms with E-state index in [1.54, 1.807) is 0 Å². The van der Waals surface area contributed by atoms with Crippen LogP contribution < -0.4 is 11.1 Å². The molecule has 0 bridgehead atoms. The number of halogens is 1. The maximum absolute atomic E-state index is 5.94. The van der Waals surface area contributed by atoms with E-state index in [0.29, 0.717) is 5.96 Å². The fourth-order valence-corrected chi connectivity index (χ4v) is 2.73. The first-order valence-corrected chi connectivity index (χ1v) is 8.18. The van der Waals surface area contributed by atoms with Gasteiger partial charge in [0.05, 0.1) is 0 Å². The van der Waals surface area contributed by atoms with Crippen molar-refractivity contribution in [3.05, 3.63) is 29.8 Å². The smallest absolute Gasteiger partial charge is 0.193 e.